The molecule has 0 aliphatic heterocycles. The average Bonchev–Trinajstić information content (AvgIpc) is 2.83. The van der Waals surface area contributed by atoms with Crippen LogP contribution in [-0.2, 0) is 4.79 Å². The van der Waals surface area contributed by atoms with Crippen LogP contribution in [0.4, 0.5) is 0 Å². The predicted molar refractivity (Wildman–Crippen MR) is 125 cm³/mol. The first-order chi connectivity index (χ1) is 15.5. The van der Waals surface area contributed by atoms with Crippen LogP contribution in [0.25, 0.3) is 17.7 Å². The summed E-state index contributed by atoms with van der Waals surface area (Å²) in [5.74, 6) is 0.896. The van der Waals surface area contributed by atoms with Gasteiger partial charge in [-0.15, -0.1) is 0 Å². The van der Waals surface area contributed by atoms with Crippen LogP contribution in [0, 0.1) is 18.3 Å². The number of methoxy groups -OCH3 is 2. The summed E-state index contributed by atoms with van der Waals surface area (Å²) in [6, 6.07) is 22.4. The van der Waals surface area contributed by atoms with E-state index in [2.05, 4.69) is 6.07 Å². The Morgan fingerprint density at radius 2 is 1.56 bits per heavy atom. The van der Waals surface area contributed by atoms with Crippen molar-refractivity contribution in [3.8, 4) is 23.3 Å². The van der Waals surface area contributed by atoms with E-state index in [0.29, 0.717) is 17.1 Å². The summed E-state index contributed by atoms with van der Waals surface area (Å²) in [5, 5.41) is 9.58. The van der Waals surface area contributed by atoms with Gasteiger partial charge in [0.25, 0.3) is 0 Å². The number of nitrogens with zero attached hydrogens (tertiary/aromatic N) is 1. The molecule has 3 aromatic carbocycles. The van der Waals surface area contributed by atoms with Crippen molar-refractivity contribution < 1.29 is 19.0 Å². The molecule has 0 fully saturated rings. The topological polar surface area (TPSA) is 68.5 Å². The quantitative estimate of drug-likeness (QED) is 0.160. The molecule has 0 amide bonds. The van der Waals surface area contributed by atoms with E-state index in [1.54, 1.807) is 49.6 Å². The maximum atomic E-state index is 12.2. The second-order valence-electron chi connectivity index (χ2n) is 6.97. The fourth-order valence-electron chi connectivity index (χ4n) is 2.96. The monoisotopic (exact) mass is 425 g/mol. The third-order valence-corrected chi connectivity index (χ3v) is 4.72. The Balaban J connectivity index is 1.77. The van der Waals surface area contributed by atoms with Crippen LogP contribution < -0.4 is 14.2 Å². The number of hydrogen-bond donors (Lipinski definition) is 0. The summed E-state index contributed by atoms with van der Waals surface area (Å²) in [4.78, 5) is 12.2. The molecule has 0 unspecified atom stereocenters. The standard InChI is InChI=1S/C27H23NO4/c1-19-4-6-20(7-5-19)9-15-27(29)32-25-14-8-21(17-26(25)31-3)16-23(18-28)22-10-12-24(30-2)13-11-22/h4-17H,1-3H3/b15-9+,23-16-. The maximum absolute atomic E-state index is 12.2. The smallest absolute Gasteiger partial charge is 0.336 e. The van der Waals surface area contributed by atoms with Crippen molar-refractivity contribution in [3.63, 3.8) is 0 Å². The van der Waals surface area contributed by atoms with Crippen LogP contribution in [-0.4, -0.2) is 20.2 Å². The number of allylic oxidation sites excluding steroid dienone is 1. The van der Waals surface area contributed by atoms with Crippen LogP contribution in [0.15, 0.2) is 72.8 Å². The predicted octanol–water partition coefficient (Wildman–Crippen LogP) is 5.70. The second-order valence-corrected chi connectivity index (χ2v) is 6.97. The number of benzene rings is 3. The summed E-state index contributed by atoms with van der Waals surface area (Å²) >= 11 is 0. The first kappa shape index (κ1) is 22.4. The first-order valence-corrected chi connectivity index (χ1v) is 9.93. The van der Waals surface area contributed by atoms with E-state index in [9.17, 15) is 10.1 Å². The van der Waals surface area contributed by atoms with E-state index in [1.165, 1.54) is 13.2 Å². The molecule has 0 aliphatic carbocycles. The van der Waals surface area contributed by atoms with Gasteiger partial charge >= 0.3 is 5.97 Å². The van der Waals surface area contributed by atoms with Gasteiger partial charge in [0.05, 0.1) is 25.9 Å². The van der Waals surface area contributed by atoms with Crippen molar-refractivity contribution >= 4 is 23.7 Å². The second kappa shape index (κ2) is 10.6. The van der Waals surface area contributed by atoms with Crippen LogP contribution >= 0.6 is 0 Å². The van der Waals surface area contributed by atoms with Gasteiger partial charge in [-0.2, -0.15) is 5.26 Å². The van der Waals surface area contributed by atoms with Crippen LogP contribution in [0.3, 0.4) is 0 Å². The van der Waals surface area contributed by atoms with Gasteiger partial charge in [-0.05, 0) is 72.2 Å². The van der Waals surface area contributed by atoms with Gasteiger partial charge in [0.2, 0.25) is 0 Å². The Hall–Kier alpha value is -4.30. The first-order valence-electron chi connectivity index (χ1n) is 9.93. The van der Waals surface area contributed by atoms with E-state index < -0.39 is 5.97 Å². The Kier molecular flexibility index (Phi) is 7.45. The lowest BCUT2D eigenvalue weighted by molar-refractivity contribution is -0.129. The number of aryl methyl sites for hydroxylation is 1. The normalized spacial score (nSPS) is 11.1. The third-order valence-electron chi connectivity index (χ3n) is 4.72. The highest BCUT2D eigenvalue weighted by molar-refractivity contribution is 5.91. The number of carbonyl (C=O) groups is 1. The molecule has 160 valence electrons. The van der Waals surface area contributed by atoms with Crippen molar-refractivity contribution in [3.05, 3.63) is 95.1 Å². The van der Waals surface area contributed by atoms with E-state index in [-0.39, 0.29) is 0 Å². The van der Waals surface area contributed by atoms with Crippen LogP contribution in [0.5, 0.6) is 17.2 Å². The van der Waals surface area contributed by atoms with Gasteiger partial charge in [-0.25, -0.2) is 4.79 Å². The zero-order valence-corrected chi connectivity index (χ0v) is 18.2. The molecule has 0 aromatic heterocycles. The van der Waals surface area contributed by atoms with Gasteiger partial charge in [-0.1, -0.05) is 35.9 Å². The largest absolute Gasteiger partial charge is 0.497 e. The summed E-state index contributed by atoms with van der Waals surface area (Å²) < 4.78 is 16.0. The molecule has 0 aliphatic rings. The van der Waals surface area contributed by atoms with Gasteiger partial charge < -0.3 is 14.2 Å². The fraction of sp³-hybridized carbons (Fsp3) is 0.111. The highest BCUT2D eigenvalue weighted by Gasteiger charge is 2.10. The lowest BCUT2D eigenvalue weighted by Gasteiger charge is -2.09. The van der Waals surface area contributed by atoms with E-state index >= 15 is 0 Å². The van der Waals surface area contributed by atoms with Crippen LogP contribution in [0.1, 0.15) is 22.3 Å². The lowest BCUT2D eigenvalue weighted by Crippen LogP contribution is -2.05. The van der Waals surface area contributed by atoms with Gasteiger partial charge in [0.1, 0.15) is 5.75 Å². The molecular weight excluding hydrogens is 402 g/mol. The minimum Gasteiger partial charge on any atom is -0.497 e. The highest BCUT2D eigenvalue weighted by atomic mass is 16.6. The third kappa shape index (κ3) is 5.87. The number of rotatable bonds is 7. The Bertz CT molecular complexity index is 1180. The molecule has 0 saturated carbocycles. The van der Waals surface area contributed by atoms with Crippen molar-refractivity contribution in [1.82, 2.24) is 0 Å². The molecule has 3 aromatic rings. The Morgan fingerprint density at radius 1 is 0.875 bits per heavy atom. The summed E-state index contributed by atoms with van der Waals surface area (Å²) in [7, 11) is 3.09. The molecule has 0 atom stereocenters. The summed E-state index contributed by atoms with van der Waals surface area (Å²) in [6.07, 6.45) is 4.81. The molecule has 3 rings (SSSR count). The maximum Gasteiger partial charge on any atom is 0.336 e. The minimum absolute atomic E-state index is 0.297. The minimum atomic E-state index is -0.511. The molecule has 32 heavy (non-hydrogen) atoms. The number of nitriles is 1. The highest BCUT2D eigenvalue weighted by Crippen LogP contribution is 2.30. The van der Waals surface area contributed by atoms with Crippen molar-refractivity contribution in [2.24, 2.45) is 0 Å². The zero-order chi connectivity index (χ0) is 22.9. The molecule has 0 radical (unpaired) electrons. The number of ether oxygens (including phenoxy) is 3. The van der Waals surface area contributed by atoms with E-state index in [0.717, 1.165) is 28.0 Å². The summed E-state index contributed by atoms with van der Waals surface area (Å²) in [6.45, 7) is 2.00. The van der Waals surface area contributed by atoms with E-state index in [1.807, 2.05) is 43.3 Å². The molecule has 0 saturated heterocycles. The molecule has 5 heteroatoms. The van der Waals surface area contributed by atoms with Crippen molar-refractivity contribution in [1.29, 1.82) is 5.26 Å². The van der Waals surface area contributed by atoms with Crippen LogP contribution in [0.2, 0.25) is 0 Å². The van der Waals surface area contributed by atoms with Crippen molar-refractivity contribution in [2.45, 2.75) is 6.92 Å². The molecule has 0 heterocycles. The number of hydrogen-bond acceptors (Lipinski definition) is 5. The number of esters is 1. The van der Waals surface area contributed by atoms with Gasteiger partial charge in [0, 0.05) is 6.08 Å². The van der Waals surface area contributed by atoms with Gasteiger partial charge in [-0.3, -0.25) is 0 Å². The molecule has 0 N–H and O–H groups in total. The fourth-order valence-corrected chi connectivity index (χ4v) is 2.96. The molecule has 0 spiro atoms. The Labute approximate surface area is 187 Å². The average molecular weight is 425 g/mol. The van der Waals surface area contributed by atoms with Gasteiger partial charge in [0.15, 0.2) is 11.5 Å². The number of carbonyl (C=O) groups excluding carboxylic acids is 1. The van der Waals surface area contributed by atoms with E-state index in [4.69, 9.17) is 14.2 Å². The molecular formula is C27H23NO4. The molecule has 0 bridgehead atoms. The molecule has 5 nitrogen and oxygen atoms in total. The van der Waals surface area contributed by atoms with Crippen molar-refractivity contribution in [2.75, 3.05) is 14.2 Å². The SMILES string of the molecule is COc1ccc(/C(C#N)=C\c2ccc(OC(=O)/C=C/c3ccc(C)cc3)c(OC)c2)cc1. The summed E-state index contributed by atoms with van der Waals surface area (Å²) in [5.41, 5.74) is 4.05. The lowest BCUT2D eigenvalue weighted by atomic mass is 10.0. The zero-order valence-electron chi connectivity index (χ0n) is 18.2. The Morgan fingerprint density at radius 3 is 2.19 bits per heavy atom.